The topological polar surface area (TPSA) is 49.3 Å². The van der Waals surface area contributed by atoms with Gasteiger partial charge in [-0.05, 0) is 67.7 Å². The molecular formula is C17H20FNO2S. The lowest BCUT2D eigenvalue weighted by atomic mass is 9.86. The number of halogens is 1. The van der Waals surface area contributed by atoms with Gasteiger partial charge in [-0.15, -0.1) is 11.3 Å². The molecule has 1 aliphatic rings. The molecule has 3 nitrogen and oxygen atoms in total. The number of hydrogen-bond acceptors (Lipinski definition) is 3. The fourth-order valence-corrected chi connectivity index (χ4v) is 4.24. The van der Waals surface area contributed by atoms with Gasteiger partial charge in [0.1, 0.15) is 5.82 Å². The lowest BCUT2D eigenvalue weighted by Crippen LogP contribution is -2.38. The van der Waals surface area contributed by atoms with Crippen molar-refractivity contribution >= 4 is 27.3 Å². The number of carbonyl (C=O) groups is 1. The molecule has 0 saturated heterocycles. The quantitative estimate of drug-likeness (QED) is 0.907. The van der Waals surface area contributed by atoms with Crippen LogP contribution in [0.4, 0.5) is 4.39 Å². The van der Waals surface area contributed by atoms with Crippen LogP contribution in [-0.4, -0.2) is 23.7 Å². The number of aryl methyl sites for hydroxylation is 1. The monoisotopic (exact) mass is 321 g/mol. The molecular weight excluding hydrogens is 301 g/mol. The first-order valence-corrected chi connectivity index (χ1v) is 8.50. The van der Waals surface area contributed by atoms with Gasteiger partial charge in [-0.2, -0.15) is 0 Å². The maximum Gasteiger partial charge on any atom is 0.261 e. The minimum Gasteiger partial charge on any atom is -0.396 e. The van der Waals surface area contributed by atoms with Gasteiger partial charge >= 0.3 is 0 Å². The molecule has 1 saturated carbocycles. The van der Waals surface area contributed by atoms with E-state index in [0.717, 1.165) is 41.3 Å². The number of rotatable bonds is 3. The third-order valence-electron chi connectivity index (χ3n) is 4.54. The van der Waals surface area contributed by atoms with E-state index in [1.807, 2.05) is 6.92 Å². The lowest BCUT2D eigenvalue weighted by Gasteiger charge is -2.27. The molecule has 0 spiro atoms. The first-order valence-electron chi connectivity index (χ1n) is 7.69. The molecule has 1 aromatic heterocycles. The average molecular weight is 321 g/mol. The second-order valence-corrected chi connectivity index (χ2v) is 7.12. The molecule has 0 atom stereocenters. The predicted molar refractivity (Wildman–Crippen MR) is 86.8 cm³/mol. The summed E-state index contributed by atoms with van der Waals surface area (Å²) in [7, 11) is 0. The molecule has 22 heavy (non-hydrogen) atoms. The molecule has 1 aliphatic carbocycles. The standard InChI is InChI=1S/C17H20FNO2S/c1-10-14-8-12(18)4-7-15(14)22-16(10)17(21)19-13-5-2-11(9-20)3-6-13/h4,7-8,11,13,20H,2-3,5-6,9H2,1H3,(H,19,21). The minimum atomic E-state index is -0.275. The van der Waals surface area contributed by atoms with Crippen molar-refractivity contribution in [2.24, 2.45) is 5.92 Å². The largest absolute Gasteiger partial charge is 0.396 e. The van der Waals surface area contributed by atoms with Gasteiger partial charge in [0.15, 0.2) is 0 Å². The molecule has 118 valence electrons. The van der Waals surface area contributed by atoms with Crippen LogP contribution in [0.15, 0.2) is 18.2 Å². The number of aliphatic hydroxyl groups excluding tert-OH is 1. The van der Waals surface area contributed by atoms with Gasteiger partial charge in [0.05, 0.1) is 4.88 Å². The Morgan fingerprint density at radius 3 is 2.77 bits per heavy atom. The molecule has 1 amide bonds. The van der Waals surface area contributed by atoms with Crippen LogP contribution in [0.1, 0.15) is 40.9 Å². The number of nitrogens with one attached hydrogen (secondary N) is 1. The summed E-state index contributed by atoms with van der Waals surface area (Å²) in [6.07, 6.45) is 3.74. The summed E-state index contributed by atoms with van der Waals surface area (Å²) in [6.45, 7) is 2.11. The number of benzene rings is 1. The summed E-state index contributed by atoms with van der Waals surface area (Å²) < 4.78 is 14.3. The zero-order chi connectivity index (χ0) is 15.7. The highest BCUT2D eigenvalue weighted by Crippen LogP contribution is 2.32. The van der Waals surface area contributed by atoms with Gasteiger partial charge in [0.25, 0.3) is 5.91 Å². The van der Waals surface area contributed by atoms with Crippen molar-refractivity contribution in [2.75, 3.05) is 6.61 Å². The van der Waals surface area contributed by atoms with Gasteiger partial charge in [-0.1, -0.05) is 0 Å². The summed E-state index contributed by atoms with van der Waals surface area (Å²) in [5, 5.41) is 13.1. The molecule has 0 aliphatic heterocycles. The van der Waals surface area contributed by atoms with Crippen molar-refractivity contribution in [3.05, 3.63) is 34.5 Å². The summed E-state index contributed by atoms with van der Waals surface area (Å²) in [6, 6.07) is 4.82. The number of carbonyl (C=O) groups excluding carboxylic acids is 1. The fraction of sp³-hybridized carbons (Fsp3) is 0.471. The molecule has 0 radical (unpaired) electrons. The van der Waals surface area contributed by atoms with E-state index in [0.29, 0.717) is 10.8 Å². The van der Waals surface area contributed by atoms with Crippen molar-refractivity contribution in [1.82, 2.24) is 5.32 Å². The van der Waals surface area contributed by atoms with E-state index in [4.69, 9.17) is 5.11 Å². The zero-order valence-corrected chi connectivity index (χ0v) is 13.4. The molecule has 0 bridgehead atoms. The smallest absolute Gasteiger partial charge is 0.261 e. The van der Waals surface area contributed by atoms with Crippen molar-refractivity contribution < 1.29 is 14.3 Å². The van der Waals surface area contributed by atoms with Gasteiger partial charge in [-0.25, -0.2) is 4.39 Å². The van der Waals surface area contributed by atoms with E-state index in [1.165, 1.54) is 23.5 Å². The second kappa shape index (κ2) is 6.34. The molecule has 3 rings (SSSR count). The predicted octanol–water partition coefficient (Wildman–Crippen LogP) is 3.63. The van der Waals surface area contributed by atoms with Crippen molar-refractivity contribution in [2.45, 2.75) is 38.6 Å². The fourth-order valence-electron chi connectivity index (χ4n) is 3.15. The highest BCUT2D eigenvalue weighted by Gasteiger charge is 2.24. The SMILES string of the molecule is Cc1c(C(=O)NC2CCC(CO)CC2)sc2ccc(F)cc12. The third kappa shape index (κ3) is 3.01. The number of hydrogen-bond donors (Lipinski definition) is 2. The maximum absolute atomic E-state index is 13.4. The van der Waals surface area contributed by atoms with Gasteiger partial charge < -0.3 is 10.4 Å². The Morgan fingerprint density at radius 2 is 2.09 bits per heavy atom. The maximum atomic E-state index is 13.4. The highest BCUT2D eigenvalue weighted by molar-refractivity contribution is 7.21. The summed E-state index contributed by atoms with van der Waals surface area (Å²) >= 11 is 1.42. The molecule has 5 heteroatoms. The summed E-state index contributed by atoms with van der Waals surface area (Å²) in [5.41, 5.74) is 0.848. The van der Waals surface area contributed by atoms with Gasteiger partial charge in [-0.3, -0.25) is 4.79 Å². The van der Waals surface area contributed by atoms with Crippen LogP contribution in [0.25, 0.3) is 10.1 Å². The zero-order valence-electron chi connectivity index (χ0n) is 12.6. The van der Waals surface area contributed by atoms with E-state index in [1.54, 1.807) is 6.07 Å². The minimum absolute atomic E-state index is 0.0634. The van der Waals surface area contributed by atoms with E-state index < -0.39 is 0 Å². The first-order chi connectivity index (χ1) is 10.6. The summed E-state index contributed by atoms with van der Waals surface area (Å²) in [4.78, 5) is 13.2. The lowest BCUT2D eigenvalue weighted by molar-refractivity contribution is 0.0917. The third-order valence-corrected chi connectivity index (χ3v) is 5.82. The van der Waals surface area contributed by atoms with Crippen LogP contribution in [0.2, 0.25) is 0 Å². The average Bonchev–Trinajstić information content (AvgIpc) is 2.85. The van der Waals surface area contributed by atoms with Crippen LogP contribution in [0.5, 0.6) is 0 Å². The Labute approximate surface area is 133 Å². The van der Waals surface area contributed by atoms with Crippen LogP contribution in [0, 0.1) is 18.7 Å². The van der Waals surface area contributed by atoms with E-state index >= 15 is 0 Å². The van der Waals surface area contributed by atoms with Crippen LogP contribution >= 0.6 is 11.3 Å². The summed E-state index contributed by atoms with van der Waals surface area (Å²) in [5.74, 6) is 0.0384. The Hall–Kier alpha value is -1.46. The molecule has 0 unspecified atom stereocenters. The van der Waals surface area contributed by atoms with E-state index in [2.05, 4.69) is 5.32 Å². The van der Waals surface area contributed by atoms with Crippen molar-refractivity contribution in [1.29, 1.82) is 0 Å². The molecule has 2 aromatic rings. The number of aliphatic hydroxyl groups is 1. The molecule has 1 heterocycles. The normalized spacial score (nSPS) is 22.0. The Balaban J connectivity index is 1.74. The Morgan fingerprint density at radius 1 is 1.36 bits per heavy atom. The molecule has 1 aromatic carbocycles. The number of amides is 1. The van der Waals surface area contributed by atoms with Gasteiger partial charge in [0.2, 0.25) is 0 Å². The molecule has 2 N–H and O–H groups in total. The Bertz CT molecular complexity index is 689. The van der Waals surface area contributed by atoms with E-state index in [9.17, 15) is 9.18 Å². The van der Waals surface area contributed by atoms with Crippen LogP contribution < -0.4 is 5.32 Å². The van der Waals surface area contributed by atoms with Crippen molar-refractivity contribution in [3.8, 4) is 0 Å². The van der Waals surface area contributed by atoms with Crippen molar-refractivity contribution in [3.63, 3.8) is 0 Å². The van der Waals surface area contributed by atoms with Gasteiger partial charge in [0, 0.05) is 17.3 Å². The van der Waals surface area contributed by atoms with Crippen LogP contribution in [0.3, 0.4) is 0 Å². The number of thiophene rings is 1. The first kappa shape index (κ1) is 15.4. The molecule has 1 fully saturated rings. The Kier molecular flexibility index (Phi) is 4.45. The van der Waals surface area contributed by atoms with E-state index in [-0.39, 0.29) is 24.4 Å². The second-order valence-electron chi connectivity index (χ2n) is 6.07. The number of fused-ring (bicyclic) bond motifs is 1. The highest BCUT2D eigenvalue weighted by atomic mass is 32.1. The van der Waals surface area contributed by atoms with Crippen LogP contribution in [-0.2, 0) is 0 Å².